The summed E-state index contributed by atoms with van der Waals surface area (Å²) in [5.41, 5.74) is 0.925. The van der Waals surface area contributed by atoms with Crippen LogP contribution in [-0.2, 0) is 4.79 Å². The average Bonchev–Trinajstić information content (AvgIpc) is 3.03. The first-order chi connectivity index (χ1) is 9.63. The summed E-state index contributed by atoms with van der Waals surface area (Å²) in [4.78, 5) is 37.6. The number of hydrogen-bond donors (Lipinski definition) is 0. The van der Waals surface area contributed by atoms with Crippen LogP contribution in [0, 0.1) is 5.92 Å². The molecule has 2 atom stereocenters. The largest absolute Gasteiger partial charge is 0.298 e. The normalized spacial score (nSPS) is 25.1. The average molecular weight is 292 g/mol. The Morgan fingerprint density at radius 1 is 1.15 bits per heavy atom. The Balaban J connectivity index is 1.82. The summed E-state index contributed by atoms with van der Waals surface area (Å²) >= 11 is 5.57. The van der Waals surface area contributed by atoms with Crippen LogP contribution in [-0.4, -0.2) is 34.4 Å². The van der Waals surface area contributed by atoms with Gasteiger partial charge in [0.05, 0.1) is 17.0 Å². The molecule has 1 aliphatic heterocycles. The van der Waals surface area contributed by atoms with Gasteiger partial charge in [-0.3, -0.25) is 19.3 Å². The number of rotatable bonds is 3. The zero-order valence-electron chi connectivity index (χ0n) is 10.8. The maximum absolute atomic E-state index is 12.3. The fourth-order valence-corrected chi connectivity index (χ4v) is 3.35. The Labute approximate surface area is 121 Å². The molecule has 0 aromatic heterocycles. The minimum Gasteiger partial charge on any atom is -0.298 e. The van der Waals surface area contributed by atoms with Crippen LogP contribution < -0.4 is 0 Å². The van der Waals surface area contributed by atoms with Crippen molar-refractivity contribution >= 4 is 29.2 Å². The van der Waals surface area contributed by atoms with Gasteiger partial charge in [-0.05, 0) is 31.4 Å². The fourth-order valence-electron chi connectivity index (χ4n) is 3.13. The molecule has 20 heavy (non-hydrogen) atoms. The molecule has 1 aromatic carbocycles. The maximum Gasteiger partial charge on any atom is 0.261 e. The standard InChI is InChI=1S/C15H14ClNO3/c16-8-13(18)9-5-6-10(7-9)17-14(19)11-3-1-2-4-12(11)15(17)20/h1-4,9-10H,5-8H2. The van der Waals surface area contributed by atoms with E-state index in [1.807, 2.05) is 0 Å². The molecule has 1 aliphatic carbocycles. The van der Waals surface area contributed by atoms with E-state index in [4.69, 9.17) is 11.6 Å². The Bertz CT molecular complexity index is 564. The third kappa shape index (κ3) is 1.95. The topological polar surface area (TPSA) is 54.5 Å². The Morgan fingerprint density at radius 2 is 1.75 bits per heavy atom. The van der Waals surface area contributed by atoms with Gasteiger partial charge in [-0.25, -0.2) is 0 Å². The van der Waals surface area contributed by atoms with E-state index in [-0.39, 0.29) is 35.4 Å². The summed E-state index contributed by atoms with van der Waals surface area (Å²) in [6.07, 6.45) is 1.92. The van der Waals surface area contributed by atoms with Gasteiger partial charge in [0, 0.05) is 12.0 Å². The first-order valence-corrected chi connectivity index (χ1v) is 7.22. The Kier molecular flexibility index (Phi) is 3.34. The van der Waals surface area contributed by atoms with E-state index in [9.17, 15) is 14.4 Å². The number of ketones is 1. The smallest absolute Gasteiger partial charge is 0.261 e. The summed E-state index contributed by atoms with van der Waals surface area (Å²) in [5, 5.41) is 0. The lowest BCUT2D eigenvalue weighted by atomic mass is 10.0. The molecule has 3 rings (SSSR count). The van der Waals surface area contributed by atoms with Crippen molar-refractivity contribution < 1.29 is 14.4 Å². The van der Waals surface area contributed by atoms with E-state index in [1.54, 1.807) is 24.3 Å². The summed E-state index contributed by atoms with van der Waals surface area (Å²) in [5.74, 6) is -0.601. The molecule has 104 valence electrons. The van der Waals surface area contributed by atoms with Crippen LogP contribution in [0.15, 0.2) is 24.3 Å². The SMILES string of the molecule is O=C(CCl)C1CCC(N2C(=O)c3ccccc3C2=O)C1. The van der Waals surface area contributed by atoms with Gasteiger partial charge in [0.15, 0.2) is 5.78 Å². The molecular formula is C15H14ClNO3. The quantitative estimate of drug-likeness (QED) is 0.634. The van der Waals surface area contributed by atoms with Gasteiger partial charge < -0.3 is 0 Å². The van der Waals surface area contributed by atoms with Crippen LogP contribution in [0.3, 0.4) is 0 Å². The number of alkyl halides is 1. The van der Waals surface area contributed by atoms with E-state index in [0.29, 0.717) is 30.4 Å². The number of amides is 2. The Morgan fingerprint density at radius 3 is 2.30 bits per heavy atom. The van der Waals surface area contributed by atoms with Crippen LogP contribution in [0.5, 0.6) is 0 Å². The number of hydrogen-bond acceptors (Lipinski definition) is 3. The summed E-state index contributed by atoms with van der Waals surface area (Å²) < 4.78 is 0. The number of fused-ring (bicyclic) bond motifs is 1. The molecule has 0 saturated heterocycles. The highest BCUT2D eigenvalue weighted by molar-refractivity contribution is 6.28. The van der Waals surface area contributed by atoms with E-state index >= 15 is 0 Å². The highest BCUT2D eigenvalue weighted by Crippen LogP contribution is 2.35. The van der Waals surface area contributed by atoms with Gasteiger partial charge in [-0.15, -0.1) is 11.6 Å². The molecule has 1 heterocycles. The predicted octanol–water partition coefficient (Wildman–Crippen LogP) is 2.26. The van der Waals surface area contributed by atoms with E-state index in [2.05, 4.69) is 0 Å². The highest BCUT2D eigenvalue weighted by atomic mass is 35.5. The van der Waals surface area contributed by atoms with Crippen molar-refractivity contribution in [2.75, 3.05) is 5.88 Å². The van der Waals surface area contributed by atoms with Gasteiger partial charge in [-0.1, -0.05) is 12.1 Å². The zero-order chi connectivity index (χ0) is 14.3. The minimum atomic E-state index is -0.241. The van der Waals surface area contributed by atoms with E-state index in [0.717, 1.165) is 0 Å². The zero-order valence-corrected chi connectivity index (χ0v) is 11.6. The van der Waals surface area contributed by atoms with E-state index in [1.165, 1.54) is 4.90 Å². The first kappa shape index (κ1) is 13.3. The van der Waals surface area contributed by atoms with Crippen LogP contribution in [0.1, 0.15) is 40.0 Å². The molecule has 0 bridgehead atoms. The van der Waals surface area contributed by atoms with Crippen molar-refractivity contribution in [2.45, 2.75) is 25.3 Å². The molecule has 0 radical (unpaired) electrons. The van der Waals surface area contributed by atoms with Crippen molar-refractivity contribution in [3.8, 4) is 0 Å². The minimum absolute atomic E-state index is 0.000491. The van der Waals surface area contributed by atoms with Gasteiger partial charge in [0.2, 0.25) is 0 Å². The number of nitrogens with zero attached hydrogens (tertiary/aromatic N) is 1. The summed E-state index contributed by atoms with van der Waals surface area (Å²) in [6, 6.07) is 6.67. The van der Waals surface area contributed by atoms with Crippen LogP contribution in [0.4, 0.5) is 0 Å². The molecule has 2 unspecified atom stereocenters. The molecule has 1 aromatic rings. The van der Waals surface area contributed by atoms with Gasteiger partial charge in [-0.2, -0.15) is 0 Å². The second-order valence-corrected chi connectivity index (χ2v) is 5.56. The number of halogens is 1. The van der Waals surface area contributed by atoms with Crippen LogP contribution >= 0.6 is 11.6 Å². The van der Waals surface area contributed by atoms with Crippen LogP contribution in [0.25, 0.3) is 0 Å². The number of carbonyl (C=O) groups excluding carboxylic acids is 3. The Hall–Kier alpha value is -1.68. The molecule has 1 fully saturated rings. The van der Waals surface area contributed by atoms with Gasteiger partial charge >= 0.3 is 0 Å². The van der Waals surface area contributed by atoms with Crippen molar-refractivity contribution in [1.29, 1.82) is 0 Å². The lowest BCUT2D eigenvalue weighted by Gasteiger charge is -2.21. The molecule has 2 aliphatic rings. The molecule has 0 N–H and O–H groups in total. The summed E-state index contributed by atoms with van der Waals surface area (Å²) in [7, 11) is 0. The van der Waals surface area contributed by atoms with Crippen molar-refractivity contribution in [1.82, 2.24) is 4.90 Å². The molecule has 5 heteroatoms. The van der Waals surface area contributed by atoms with Crippen molar-refractivity contribution in [3.63, 3.8) is 0 Å². The molecule has 1 saturated carbocycles. The third-order valence-corrected chi connectivity index (χ3v) is 4.45. The maximum atomic E-state index is 12.3. The molecule has 0 spiro atoms. The van der Waals surface area contributed by atoms with Gasteiger partial charge in [0.25, 0.3) is 11.8 Å². The lowest BCUT2D eigenvalue weighted by Crippen LogP contribution is -2.38. The second kappa shape index (κ2) is 5.02. The molecular weight excluding hydrogens is 278 g/mol. The monoisotopic (exact) mass is 291 g/mol. The third-order valence-electron chi connectivity index (χ3n) is 4.18. The fraction of sp³-hybridized carbons (Fsp3) is 0.400. The first-order valence-electron chi connectivity index (χ1n) is 6.69. The predicted molar refractivity (Wildman–Crippen MR) is 73.8 cm³/mol. The number of Topliss-reactive ketones (excluding diaryl/α,β-unsaturated/α-hetero) is 1. The van der Waals surface area contributed by atoms with Crippen LogP contribution in [0.2, 0.25) is 0 Å². The van der Waals surface area contributed by atoms with Crippen molar-refractivity contribution in [2.24, 2.45) is 5.92 Å². The van der Waals surface area contributed by atoms with Crippen molar-refractivity contribution in [3.05, 3.63) is 35.4 Å². The molecule has 4 nitrogen and oxygen atoms in total. The highest BCUT2D eigenvalue weighted by Gasteiger charge is 2.43. The number of carbonyl (C=O) groups is 3. The lowest BCUT2D eigenvalue weighted by molar-refractivity contribution is -0.120. The van der Waals surface area contributed by atoms with Gasteiger partial charge in [0.1, 0.15) is 0 Å². The summed E-state index contributed by atoms with van der Waals surface area (Å²) in [6.45, 7) is 0. The number of imide groups is 1. The second-order valence-electron chi connectivity index (χ2n) is 5.29. The number of benzene rings is 1. The molecule has 2 amide bonds. The van der Waals surface area contributed by atoms with E-state index < -0.39 is 0 Å².